The molecule has 1 aliphatic carbocycles. The monoisotopic (exact) mass is 437 g/mol. The minimum absolute atomic E-state index is 0.0745. The fourth-order valence-corrected chi connectivity index (χ4v) is 3.72. The number of rotatable bonds is 8. The van der Waals surface area contributed by atoms with Gasteiger partial charge in [-0.2, -0.15) is 0 Å². The van der Waals surface area contributed by atoms with Gasteiger partial charge < -0.3 is 0 Å². The quantitative estimate of drug-likeness (QED) is 0.370. The van der Waals surface area contributed by atoms with E-state index in [4.69, 9.17) is 23.2 Å². The average molecular weight is 438 g/mol. The average Bonchev–Trinajstić information content (AvgIpc) is 2.75. The second-order valence-corrected chi connectivity index (χ2v) is 8.44. The maximum Gasteiger partial charge on any atom is 0.190 e. The number of hydrogen-bond acceptors (Lipinski definition) is 2. The zero-order valence-corrected chi connectivity index (χ0v) is 18.5. The number of Topliss-reactive ketones (excluding diaryl/α,β-unsaturated/α-hetero) is 1. The van der Waals surface area contributed by atoms with Crippen molar-refractivity contribution < 1.29 is 4.79 Å². The Morgan fingerprint density at radius 1 is 1.03 bits per heavy atom. The molecule has 0 spiro atoms. The summed E-state index contributed by atoms with van der Waals surface area (Å²) in [5.41, 5.74) is 4.05. The van der Waals surface area contributed by atoms with E-state index < -0.39 is 0 Å². The first-order valence-electron chi connectivity index (χ1n) is 9.84. The molecular weight excluding hydrogens is 413 g/mol. The van der Waals surface area contributed by atoms with Crippen LogP contribution >= 0.6 is 23.2 Å². The summed E-state index contributed by atoms with van der Waals surface area (Å²) in [4.78, 5) is 15.4. The van der Waals surface area contributed by atoms with Gasteiger partial charge in [-0.3, -0.25) is 9.69 Å². The summed E-state index contributed by atoms with van der Waals surface area (Å²) >= 11 is 12.4. The molecule has 30 heavy (non-hydrogen) atoms. The number of ketones is 1. The summed E-state index contributed by atoms with van der Waals surface area (Å²) < 4.78 is 0. The number of benzene rings is 2. The SMILES string of the molecule is C=C(CN(C)Cc1ccccc1)C(=O)/C(=C\C1=CC(Cl)C(Cl)C=C1)c1ccccc1. The molecule has 0 aliphatic heterocycles. The summed E-state index contributed by atoms with van der Waals surface area (Å²) in [7, 11) is 1.99. The molecule has 154 valence electrons. The summed E-state index contributed by atoms with van der Waals surface area (Å²) in [6, 6.07) is 19.8. The Morgan fingerprint density at radius 3 is 2.30 bits per heavy atom. The third-order valence-electron chi connectivity index (χ3n) is 4.85. The maximum atomic E-state index is 13.3. The normalized spacial score (nSPS) is 18.9. The highest BCUT2D eigenvalue weighted by atomic mass is 35.5. The Hall–Kier alpha value is -2.39. The molecule has 3 rings (SSSR count). The first-order valence-corrected chi connectivity index (χ1v) is 10.7. The molecule has 0 radical (unpaired) electrons. The molecule has 2 nitrogen and oxygen atoms in total. The molecule has 0 aromatic heterocycles. The zero-order chi connectivity index (χ0) is 21.5. The van der Waals surface area contributed by atoms with Gasteiger partial charge >= 0.3 is 0 Å². The number of allylic oxidation sites excluding steroid dienone is 6. The second kappa shape index (κ2) is 10.6. The van der Waals surface area contributed by atoms with Crippen molar-refractivity contribution in [1.29, 1.82) is 0 Å². The van der Waals surface area contributed by atoms with Crippen LogP contribution in [0.2, 0.25) is 0 Å². The summed E-state index contributed by atoms with van der Waals surface area (Å²) in [5.74, 6) is -0.0745. The number of carbonyl (C=O) groups is 1. The fraction of sp³-hybridized carbons (Fsp3) is 0.192. The topological polar surface area (TPSA) is 20.3 Å². The van der Waals surface area contributed by atoms with Crippen molar-refractivity contribution in [1.82, 2.24) is 4.90 Å². The van der Waals surface area contributed by atoms with Crippen LogP contribution in [0.3, 0.4) is 0 Å². The van der Waals surface area contributed by atoms with E-state index in [9.17, 15) is 4.79 Å². The van der Waals surface area contributed by atoms with Crippen molar-refractivity contribution in [2.45, 2.75) is 17.3 Å². The van der Waals surface area contributed by atoms with Crippen LogP contribution in [0.15, 0.2) is 103 Å². The molecule has 2 aromatic rings. The van der Waals surface area contributed by atoms with Gasteiger partial charge in [0.1, 0.15) is 0 Å². The number of halogens is 2. The highest BCUT2D eigenvalue weighted by molar-refractivity contribution is 6.32. The van der Waals surface area contributed by atoms with Crippen molar-refractivity contribution in [2.75, 3.05) is 13.6 Å². The number of nitrogens with zero attached hydrogens (tertiary/aromatic N) is 1. The van der Waals surface area contributed by atoms with Crippen LogP contribution in [0.25, 0.3) is 5.57 Å². The smallest absolute Gasteiger partial charge is 0.190 e. The summed E-state index contributed by atoms with van der Waals surface area (Å²) in [5, 5.41) is -0.559. The van der Waals surface area contributed by atoms with E-state index in [2.05, 4.69) is 23.6 Å². The lowest BCUT2D eigenvalue weighted by molar-refractivity contribution is -0.110. The molecule has 4 heteroatoms. The highest BCUT2D eigenvalue weighted by Crippen LogP contribution is 2.26. The zero-order valence-electron chi connectivity index (χ0n) is 17.0. The Morgan fingerprint density at radius 2 is 1.67 bits per heavy atom. The first-order chi connectivity index (χ1) is 14.4. The van der Waals surface area contributed by atoms with Crippen LogP contribution in [0.1, 0.15) is 11.1 Å². The Bertz CT molecular complexity index is 977. The molecule has 2 aromatic carbocycles. The Balaban J connectivity index is 1.80. The van der Waals surface area contributed by atoms with Crippen LogP contribution in [0, 0.1) is 0 Å². The van der Waals surface area contributed by atoms with Crippen LogP contribution < -0.4 is 0 Å². The summed E-state index contributed by atoms with van der Waals surface area (Å²) in [6.45, 7) is 5.31. The first kappa shape index (κ1) is 22.3. The van der Waals surface area contributed by atoms with E-state index in [1.165, 1.54) is 5.56 Å². The minimum Gasteiger partial charge on any atom is -0.298 e. The van der Waals surface area contributed by atoms with Gasteiger partial charge in [0.15, 0.2) is 5.78 Å². The van der Waals surface area contributed by atoms with E-state index in [1.54, 1.807) is 0 Å². The molecule has 0 saturated heterocycles. The molecule has 2 atom stereocenters. The fourth-order valence-electron chi connectivity index (χ4n) is 3.34. The minimum atomic E-state index is -0.310. The van der Waals surface area contributed by atoms with E-state index in [-0.39, 0.29) is 16.5 Å². The summed E-state index contributed by atoms with van der Waals surface area (Å²) in [6.07, 6.45) is 7.49. The Kier molecular flexibility index (Phi) is 7.87. The lowest BCUT2D eigenvalue weighted by atomic mass is 9.93. The lowest BCUT2D eigenvalue weighted by Gasteiger charge is -2.19. The largest absolute Gasteiger partial charge is 0.298 e. The van der Waals surface area contributed by atoms with Crippen LogP contribution in [0.5, 0.6) is 0 Å². The standard InChI is InChI=1S/C26H25Cl2NO/c1-19(17-29(2)18-20-9-5-3-6-10-20)26(30)23(22-11-7-4-8-12-22)15-21-13-14-24(27)25(28)16-21/h3-16,24-25H,1,17-18H2,2H3/b23-15-. The van der Waals surface area contributed by atoms with E-state index in [0.29, 0.717) is 17.7 Å². The molecule has 0 bridgehead atoms. The number of hydrogen-bond donors (Lipinski definition) is 0. The van der Waals surface area contributed by atoms with Gasteiger partial charge in [0.2, 0.25) is 0 Å². The maximum absolute atomic E-state index is 13.3. The van der Waals surface area contributed by atoms with Crippen molar-refractivity contribution in [3.8, 4) is 0 Å². The number of alkyl halides is 2. The van der Waals surface area contributed by atoms with Crippen molar-refractivity contribution in [2.24, 2.45) is 0 Å². The van der Waals surface area contributed by atoms with Gasteiger partial charge in [-0.1, -0.05) is 85.5 Å². The van der Waals surface area contributed by atoms with Gasteiger partial charge in [0.25, 0.3) is 0 Å². The van der Waals surface area contributed by atoms with Gasteiger partial charge in [0.05, 0.1) is 10.8 Å². The van der Waals surface area contributed by atoms with E-state index >= 15 is 0 Å². The van der Waals surface area contributed by atoms with Crippen molar-refractivity contribution >= 4 is 34.6 Å². The number of carbonyl (C=O) groups excluding carboxylic acids is 1. The van der Waals surface area contributed by atoms with Gasteiger partial charge in [-0.25, -0.2) is 0 Å². The third-order valence-corrected chi connectivity index (χ3v) is 5.79. The van der Waals surface area contributed by atoms with Gasteiger partial charge in [-0.05, 0) is 29.8 Å². The molecule has 1 aliphatic rings. The molecular formula is C26H25Cl2NO. The predicted molar refractivity (Wildman–Crippen MR) is 128 cm³/mol. The predicted octanol–water partition coefficient (Wildman–Crippen LogP) is 6.04. The van der Waals surface area contributed by atoms with Crippen molar-refractivity contribution in [3.05, 3.63) is 114 Å². The Labute approximate surface area is 188 Å². The van der Waals surface area contributed by atoms with E-state index in [1.807, 2.05) is 79.9 Å². The number of likely N-dealkylation sites (N-methyl/N-ethyl adjacent to an activating group) is 1. The third kappa shape index (κ3) is 6.06. The van der Waals surface area contributed by atoms with Crippen LogP contribution in [-0.2, 0) is 11.3 Å². The highest BCUT2D eigenvalue weighted by Gasteiger charge is 2.19. The van der Waals surface area contributed by atoms with Crippen LogP contribution in [0.4, 0.5) is 0 Å². The molecule has 0 N–H and O–H groups in total. The van der Waals surface area contributed by atoms with Crippen molar-refractivity contribution in [3.63, 3.8) is 0 Å². The van der Waals surface area contributed by atoms with Crippen LogP contribution in [-0.4, -0.2) is 35.0 Å². The molecule has 0 saturated carbocycles. The lowest BCUT2D eigenvalue weighted by Crippen LogP contribution is -2.24. The van der Waals surface area contributed by atoms with E-state index in [0.717, 1.165) is 17.7 Å². The molecule has 2 unspecified atom stereocenters. The van der Waals surface area contributed by atoms with Gasteiger partial charge in [-0.15, -0.1) is 23.2 Å². The molecule has 0 fully saturated rings. The molecule has 0 amide bonds. The molecule has 0 heterocycles. The second-order valence-electron chi connectivity index (χ2n) is 7.43. The van der Waals surface area contributed by atoms with Gasteiger partial charge in [0, 0.05) is 24.2 Å².